The van der Waals surface area contributed by atoms with E-state index < -0.39 is 11.6 Å². The number of pyridine rings is 1. The Hall–Kier alpha value is -1.69. The lowest BCUT2D eigenvalue weighted by atomic mass is 10.3. The molecule has 2 rings (SSSR count). The molecule has 0 amide bonds. The van der Waals surface area contributed by atoms with Gasteiger partial charge in [0.25, 0.3) is 0 Å². The van der Waals surface area contributed by atoms with Gasteiger partial charge in [0.1, 0.15) is 12.4 Å². The van der Waals surface area contributed by atoms with E-state index in [-0.39, 0.29) is 12.4 Å². The number of rotatable bonds is 4. The summed E-state index contributed by atoms with van der Waals surface area (Å²) in [6.07, 6.45) is 0. The van der Waals surface area contributed by atoms with Gasteiger partial charge in [-0.1, -0.05) is 15.9 Å². The van der Waals surface area contributed by atoms with E-state index in [0.717, 1.165) is 11.8 Å². The number of halogens is 3. The van der Waals surface area contributed by atoms with Crippen LogP contribution < -0.4 is 9.47 Å². The Balaban J connectivity index is 2.19. The average Bonchev–Trinajstić information content (AvgIpc) is 2.40. The summed E-state index contributed by atoms with van der Waals surface area (Å²) in [6.45, 7) is 1.83. The van der Waals surface area contributed by atoms with Gasteiger partial charge >= 0.3 is 0 Å². The van der Waals surface area contributed by atoms with E-state index in [9.17, 15) is 8.78 Å². The summed E-state index contributed by atoms with van der Waals surface area (Å²) in [4.78, 5) is 4.24. The first-order chi connectivity index (χ1) is 9.49. The average molecular weight is 344 g/mol. The molecule has 20 heavy (non-hydrogen) atoms. The minimum absolute atomic E-state index is 0.0187. The third kappa shape index (κ3) is 3.45. The predicted molar refractivity (Wildman–Crippen MR) is 73.9 cm³/mol. The molecule has 2 aromatic rings. The van der Waals surface area contributed by atoms with Gasteiger partial charge < -0.3 is 9.47 Å². The SMILES string of the molecule is COc1cc(C)nc(COc2cc(Br)cc(F)c2F)c1. The Morgan fingerprint density at radius 2 is 1.95 bits per heavy atom. The van der Waals surface area contributed by atoms with Crippen molar-refractivity contribution in [1.29, 1.82) is 0 Å². The lowest BCUT2D eigenvalue weighted by molar-refractivity contribution is 0.279. The number of hydrogen-bond donors (Lipinski definition) is 0. The van der Waals surface area contributed by atoms with E-state index in [2.05, 4.69) is 20.9 Å². The van der Waals surface area contributed by atoms with E-state index in [0.29, 0.717) is 15.9 Å². The van der Waals surface area contributed by atoms with Crippen molar-refractivity contribution in [3.8, 4) is 11.5 Å². The molecule has 0 radical (unpaired) electrons. The summed E-state index contributed by atoms with van der Waals surface area (Å²) in [5.41, 5.74) is 1.32. The van der Waals surface area contributed by atoms with E-state index >= 15 is 0 Å². The second kappa shape index (κ2) is 6.17. The van der Waals surface area contributed by atoms with Crippen molar-refractivity contribution in [1.82, 2.24) is 4.98 Å². The van der Waals surface area contributed by atoms with Crippen molar-refractivity contribution in [2.24, 2.45) is 0 Å². The number of methoxy groups -OCH3 is 1. The summed E-state index contributed by atoms with van der Waals surface area (Å²) < 4.78 is 37.6. The first-order valence-electron chi connectivity index (χ1n) is 5.78. The number of ether oxygens (including phenoxy) is 2. The fourth-order valence-corrected chi connectivity index (χ4v) is 2.09. The fourth-order valence-electron chi connectivity index (χ4n) is 1.68. The van der Waals surface area contributed by atoms with E-state index in [1.807, 2.05) is 6.92 Å². The van der Waals surface area contributed by atoms with Crippen molar-refractivity contribution in [3.63, 3.8) is 0 Å². The lowest BCUT2D eigenvalue weighted by Crippen LogP contribution is -2.02. The molecular weight excluding hydrogens is 332 g/mol. The van der Waals surface area contributed by atoms with E-state index in [1.165, 1.54) is 6.07 Å². The summed E-state index contributed by atoms with van der Waals surface area (Å²) >= 11 is 3.09. The van der Waals surface area contributed by atoms with Crippen LogP contribution in [0.2, 0.25) is 0 Å². The van der Waals surface area contributed by atoms with Gasteiger partial charge in [0.05, 0.1) is 12.8 Å². The first-order valence-corrected chi connectivity index (χ1v) is 6.58. The molecule has 1 heterocycles. The highest BCUT2D eigenvalue weighted by Gasteiger charge is 2.12. The molecule has 0 bridgehead atoms. The zero-order chi connectivity index (χ0) is 14.7. The second-order valence-corrected chi connectivity index (χ2v) is 5.04. The topological polar surface area (TPSA) is 31.4 Å². The van der Waals surface area contributed by atoms with Gasteiger partial charge in [-0.15, -0.1) is 0 Å². The molecule has 0 unspecified atom stereocenters. The summed E-state index contributed by atoms with van der Waals surface area (Å²) in [5.74, 6) is -1.52. The second-order valence-electron chi connectivity index (χ2n) is 4.13. The zero-order valence-corrected chi connectivity index (χ0v) is 12.5. The molecule has 3 nitrogen and oxygen atoms in total. The number of hydrogen-bond acceptors (Lipinski definition) is 3. The molecule has 0 N–H and O–H groups in total. The van der Waals surface area contributed by atoms with Crippen LogP contribution in [0.5, 0.6) is 11.5 Å². The van der Waals surface area contributed by atoms with Crippen LogP contribution in [0.25, 0.3) is 0 Å². The third-order valence-corrected chi connectivity index (χ3v) is 3.01. The molecule has 0 aliphatic carbocycles. The Bertz CT molecular complexity index is 635. The van der Waals surface area contributed by atoms with Crippen LogP contribution in [-0.4, -0.2) is 12.1 Å². The summed E-state index contributed by atoms with van der Waals surface area (Å²) in [5, 5.41) is 0. The Kier molecular flexibility index (Phi) is 4.54. The maximum Gasteiger partial charge on any atom is 0.200 e. The van der Waals surface area contributed by atoms with Crippen molar-refractivity contribution < 1.29 is 18.3 Å². The molecule has 0 saturated heterocycles. The minimum atomic E-state index is -1.02. The van der Waals surface area contributed by atoms with E-state index in [4.69, 9.17) is 9.47 Å². The minimum Gasteiger partial charge on any atom is -0.497 e. The number of aromatic nitrogens is 1. The molecular formula is C14H12BrF2NO2. The summed E-state index contributed by atoms with van der Waals surface area (Å²) in [7, 11) is 1.54. The first kappa shape index (κ1) is 14.7. The molecule has 0 aliphatic heterocycles. The lowest BCUT2D eigenvalue weighted by Gasteiger charge is -2.09. The van der Waals surface area contributed by atoms with Crippen molar-refractivity contribution in [2.45, 2.75) is 13.5 Å². The molecule has 0 aliphatic rings. The monoisotopic (exact) mass is 343 g/mol. The van der Waals surface area contributed by atoms with E-state index in [1.54, 1.807) is 19.2 Å². The summed E-state index contributed by atoms with van der Waals surface area (Å²) in [6, 6.07) is 5.85. The van der Waals surface area contributed by atoms with Gasteiger partial charge in [-0.25, -0.2) is 4.39 Å². The van der Waals surface area contributed by atoms with Crippen LogP contribution in [-0.2, 0) is 6.61 Å². The maximum absolute atomic E-state index is 13.5. The molecule has 6 heteroatoms. The van der Waals surface area contributed by atoms with Crippen molar-refractivity contribution in [2.75, 3.05) is 7.11 Å². The predicted octanol–water partition coefficient (Wildman–Crippen LogP) is 4.02. The Morgan fingerprint density at radius 3 is 2.65 bits per heavy atom. The third-order valence-electron chi connectivity index (χ3n) is 2.55. The zero-order valence-electron chi connectivity index (χ0n) is 10.9. The molecule has 0 atom stereocenters. The number of nitrogens with zero attached hydrogens (tertiary/aromatic N) is 1. The van der Waals surface area contributed by atoms with Gasteiger partial charge in [0.15, 0.2) is 11.6 Å². The molecule has 1 aromatic heterocycles. The molecule has 106 valence electrons. The highest BCUT2D eigenvalue weighted by atomic mass is 79.9. The highest BCUT2D eigenvalue weighted by molar-refractivity contribution is 9.10. The normalized spacial score (nSPS) is 10.4. The van der Waals surface area contributed by atoms with Crippen LogP contribution >= 0.6 is 15.9 Å². The van der Waals surface area contributed by atoms with Crippen molar-refractivity contribution >= 4 is 15.9 Å². The van der Waals surface area contributed by atoms with Gasteiger partial charge in [-0.2, -0.15) is 4.39 Å². The number of aryl methyl sites for hydroxylation is 1. The standard InChI is InChI=1S/C14H12BrF2NO2/c1-8-3-11(19-2)6-10(18-8)7-20-13-5-9(15)4-12(16)14(13)17/h3-6H,7H2,1-2H3. The van der Waals surface area contributed by atoms with Gasteiger partial charge in [0.2, 0.25) is 5.82 Å². The smallest absolute Gasteiger partial charge is 0.200 e. The van der Waals surface area contributed by atoms with Crippen LogP contribution in [0.4, 0.5) is 8.78 Å². The van der Waals surface area contributed by atoms with Gasteiger partial charge in [0, 0.05) is 22.3 Å². The molecule has 0 spiro atoms. The van der Waals surface area contributed by atoms with Crippen LogP contribution in [0.1, 0.15) is 11.4 Å². The quantitative estimate of drug-likeness (QED) is 0.785. The Labute approximate surface area is 123 Å². The van der Waals surface area contributed by atoms with Crippen LogP contribution in [0.15, 0.2) is 28.7 Å². The Morgan fingerprint density at radius 1 is 1.20 bits per heavy atom. The number of benzene rings is 1. The molecule has 0 fully saturated rings. The van der Waals surface area contributed by atoms with Crippen LogP contribution in [0.3, 0.4) is 0 Å². The maximum atomic E-state index is 13.5. The largest absolute Gasteiger partial charge is 0.497 e. The highest BCUT2D eigenvalue weighted by Crippen LogP contribution is 2.26. The van der Waals surface area contributed by atoms with Crippen LogP contribution in [0, 0.1) is 18.6 Å². The fraction of sp³-hybridized carbons (Fsp3) is 0.214. The van der Waals surface area contributed by atoms with Crippen molar-refractivity contribution in [3.05, 3.63) is 51.8 Å². The molecule has 0 saturated carbocycles. The van der Waals surface area contributed by atoms with Gasteiger partial charge in [-0.3, -0.25) is 4.98 Å². The molecule has 1 aromatic carbocycles. The van der Waals surface area contributed by atoms with Gasteiger partial charge in [-0.05, 0) is 19.1 Å².